The summed E-state index contributed by atoms with van der Waals surface area (Å²) in [4.78, 5) is 9.55. The number of aliphatic imine (C=N–C) groups is 1. The largest absolute Gasteiger partial charge is 0.385 e. The van der Waals surface area contributed by atoms with Gasteiger partial charge in [-0.3, -0.25) is 9.89 Å². The molecule has 30 heavy (non-hydrogen) atoms. The fourth-order valence-corrected chi connectivity index (χ4v) is 4.39. The molecule has 0 bridgehead atoms. The van der Waals surface area contributed by atoms with E-state index in [0.29, 0.717) is 12.1 Å². The van der Waals surface area contributed by atoms with Crippen molar-refractivity contribution in [2.45, 2.75) is 44.2 Å². The van der Waals surface area contributed by atoms with Crippen molar-refractivity contribution in [2.24, 2.45) is 4.99 Å². The Bertz CT molecular complexity index is 602. The zero-order valence-electron chi connectivity index (χ0n) is 18.6. The van der Waals surface area contributed by atoms with Gasteiger partial charge in [-0.25, -0.2) is 0 Å². The molecule has 1 atom stereocenters. The van der Waals surface area contributed by atoms with Crippen LogP contribution in [0.3, 0.4) is 0 Å². The first kappa shape index (κ1) is 25.4. The summed E-state index contributed by atoms with van der Waals surface area (Å²) in [7, 11) is 3.63. The molecular formula is C23H39IN4O2. The first-order valence-electron chi connectivity index (χ1n) is 11.2. The highest BCUT2D eigenvalue weighted by Gasteiger charge is 2.26. The van der Waals surface area contributed by atoms with Crippen LogP contribution in [0.25, 0.3) is 0 Å². The topological polar surface area (TPSA) is 49.3 Å². The van der Waals surface area contributed by atoms with Gasteiger partial charge in [-0.15, -0.1) is 24.0 Å². The molecule has 2 aliphatic rings. The Hall–Kier alpha value is -0.900. The molecule has 0 amide bonds. The number of benzene rings is 1. The second-order valence-electron chi connectivity index (χ2n) is 8.00. The minimum atomic E-state index is 0. The van der Waals surface area contributed by atoms with E-state index < -0.39 is 0 Å². The Balaban J connectivity index is 0.00000320. The van der Waals surface area contributed by atoms with Crippen molar-refractivity contribution in [1.29, 1.82) is 0 Å². The Morgan fingerprint density at radius 3 is 2.43 bits per heavy atom. The molecule has 1 aromatic carbocycles. The Kier molecular flexibility index (Phi) is 12.0. The molecule has 1 N–H and O–H groups in total. The average Bonchev–Trinajstić information content (AvgIpc) is 3.30. The van der Waals surface area contributed by atoms with Crippen molar-refractivity contribution in [2.75, 3.05) is 60.1 Å². The maximum Gasteiger partial charge on any atom is 0.193 e. The predicted molar refractivity (Wildman–Crippen MR) is 134 cm³/mol. The smallest absolute Gasteiger partial charge is 0.193 e. The lowest BCUT2D eigenvalue weighted by Crippen LogP contribution is -2.49. The SMILES string of the molecule is CN=C(NCC(c1ccccc1)N1CCCC1)N1CCC(OCCCOC)CC1.I. The third-order valence-electron chi connectivity index (χ3n) is 6.02. The Morgan fingerprint density at radius 1 is 1.10 bits per heavy atom. The van der Waals surface area contributed by atoms with Gasteiger partial charge < -0.3 is 19.7 Å². The lowest BCUT2D eigenvalue weighted by molar-refractivity contribution is 0.00986. The maximum absolute atomic E-state index is 6.00. The van der Waals surface area contributed by atoms with E-state index in [1.807, 2.05) is 7.05 Å². The molecule has 3 rings (SSSR count). The van der Waals surface area contributed by atoms with E-state index in [2.05, 4.69) is 50.4 Å². The molecule has 0 saturated carbocycles. The molecule has 2 saturated heterocycles. The Morgan fingerprint density at radius 2 is 1.80 bits per heavy atom. The predicted octanol–water partition coefficient (Wildman–Crippen LogP) is 3.53. The fourth-order valence-electron chi connectivity index (χ4n) is 4.39. The van der Waals surface area contributed by atoms with Crippen LogP contribution in [0.5, 0.6) is 0 Å². The van der Waals surface area contributed by atoms with Crippen LogP contribution in [0.4, 0.5) is 0 Å². The summed E-state index contributed by atoms with van der Waals surface area (Å²) >= 11 is 0. The van der Waals surface area contributed by atoms with Gasteiger partial charge in [0.05, 0.1) is 12.1 Å². The molecule has 1 unspecified atom stereocenters. The van der Waals surface area contributed by atoms with Crippen molar-refractivity contribution in [3.8, 4) is 0 Å². The molecule has 7 heteroatoms. The van der Waals surface area contributed by atoms with Crippen molar-refractivity contribution >= 4 is 29.9 Å². The number of guanidine groups is 1. The third kappa shape index (κ3) is 7.66. The second-order valence-corrected chi connectivity index (χ2v) is 8.00. The van der Waals surface area contributed by atoms with E-state index in [-0.39, 0.29) is 24.0 Å². The van der Waals surface area contributed by atoms with Crippen molar-refractivity contribution in [3.05, 3.63) is 35.9 Å². The molecule has 6 nitrogen and oxygen atoms in total. The molecule has 170 valence electrons. The maximum atomic E-state index is 6.00. The normalized spacial score (nSPS) is 19.5. The first-order chi connectivity index (χ1) is 14.3. The summed E-state index contributed by atoms with van der Waals surface area (Å²) < 4.78 is 11.1. The molecular weight excluding hydrogens is 491 g/mol. The molecule has 1 aromatic rings. The van der Waals surface area contributed by atoms with Crippen molar-refractivity contribution in [1.82, 2.24) is 15.1 Å². The van der Waals surface area contributed by atoms with Crippen LogP contribution in [0, 0.1) is 0 Å². The highest BCUT2D eigenvalue weighted by atomic mass is 127. The van der Waals surface area contributed by atoms with Crippen molar-refractivity contribution < 1.29 is 9.47 Å². The van der Waals surface area contributed by atoms with Gasteiger partial charge in [0.15, 0.2) is 5.96 Å². The van der Waals surface area contributed by atoms with Crippen LogP contribution in [-0.2, 0) is 9.47 Å². The number of halogens is 1. The standard InChI is InChI=1S/C23H38N4O2.HI/c1-24-23(27-15-11-21(12-16-27)29-18-8-17-28-2)25-19-22(26-13-6-7-14-26)20-9-4-3-5-10-20;/h3-5,9-10,21-22H,6-8,11-19H2,1-2H3,(H,24,25);1H. The van der Waals surface area contributed by atoms with Crippen LogP contribution >= 0.6 is 24.0 Å². The third-order valence-corrected chi connectivity index (χ3v) is 6.02. The molecule has 2 heterocycles. The summed E-state index contributed by atoms with van der Waals surface area (Å²) in [6, 6.07) is 11.3. The number of nitrogens with one attached hydrogen (secondary N) is 1. The van der Waals surface area contributed by atoms with Crippen LogP contribution in [0.15, 0.2) is 35.3 Å². The minimum absolute atomic E-state index is 0. The Labute approximate surface area is 199 Å². The van der Waals surface area contributed by atoms with Gasteiger partial charge in [-0.2, -0.15) is 0 Å². The van der Waals surface area contributed by atoms with E-state index in [1.54, 1.807) is 7.11 Å². The molecule has 2 fully saturated rings. The summed E-state index contributed by atoms with van der Waals surface area (Å²) in [5.74, 6) is 1.02. The average molecular weight is 530 g/mol. The number of nitrogens with zero attached hydrogens (tertiary/aromatic N) is 3. The number of hydrogen-bond donors (Lipinski definition) is 1. The number of likely N-dealkylation sites (tertiary alicyclic amines) is 2. The lowest BCUT2D eigenvalue weighted by Gasteiger charge is -2.35. The minimum Gasteiger partial charge on any atom is -0.385 e. The number of rotatable bonds is 9. The van der Waals surface area contributed by atoms with E-state index in [0.717, 1.165) is 58.1 Å². The molecule has 0 aromatic heterocycles. The van der Waals surface area contributed by atoms with Gasteiger partial charge in [0.1, 0.15) is 0 Å². The van der Waals surface area contributed by atoms with Gasteiger partial charge in [0.2, 0.25) is 0 Å². The zero-order chi connectivity index (χ0) is 20.3. The number of hydrogen-bond acceptors (Lipinski definition) is 4. The molecule has 0 spiro atoms. The van der Waals surface area contributed by atoms with Crippen LogP contribution < -0.4 is 5.32 Å². The van der Waals surface area contributed by atoms with Crippen LogP contribution in [0.1, 0.15) is 43.7 Å². The summed E-state index contributed by atoms with van der Waals surface area (Å²) in [5.41, 5.74) is 1.39. The van der Waals surface area contributed by atoms with E-state index >= 15 is 0 Å². The summed E-state index contributed by atoms with van der Waals surface area (Å²) in [6.45, 7) is 6.82. The van der Waals surface area contributed by atoms with Crippen LogP contribution in [-0.4, -0.2) is 82.0 Å². The first-order valence-corrected chi connectivity index (χ1v) is 11.2. The molecule has 0 aliphatic carbocycles. The van der Waals surface area contributed by atoms with Gasteiger partial charge in [-0.1, -0.05) is 30.3 Å². The van der Waals surface area contributed by atoms with Gasteiger partial charge in [-0.05, 0) is 50.8 Å². The van der Waals surface area contributed by atoms with Crippen molar-refractivity contribution in [3.63, 3.8) is 0 Å². The number of methoxy groups -OCH3 is 1. The fraction of sp³-hybridized carbons (Fsp3) is 0.696. The molecule has 2 aliphatic heterocycles. The summed E-state index contributed by atoms with van der Waals surface area (Å²) in [6.07, 6.45) is 6.05. The van der Waals surface area contributed by atoms with Gasteiger partial charge in [0, 0.05) is 47.0 Å². The molecule has 0 radical (unpaired) electrons. The quantitative estimate of drug-likeness (QED) is 0.229. The van der Waals surface area contributed by atoms with E-state index in [9.17, 15) is 0 Å². The zero-order valence-corrected chi connectivity index (χ0v) is 20.9. The summed E-state index contributed by atoms with van der Waals surface area (Å²) in [5, 5.41) is 3.67. The van der Waals surface area contributed by atoms with E-state index in [1.165, 1.54) is 31.5 Å². The van der Waals surface area contributed by atoms with Gasteiger partial charge in [0.25, 0.3) is 0 Å². The number of piperidine rings is 1. The highest BCUT2D eigenvalue weighted by Crippen LogP contribution is 2.24. The second kappa shape index (κ2) is 14.2. The number of ether oxygens (including phenoxy) is 2. The van der Waals surface area contributed by atoms with Gasteiger partial charge >= 0.3 is 0 Å². The van der Waals surface area contributed by atoms with Crippen LogP contribution in [0.2, 0.25) is 0 Å². The van der Waals surface area contributed by atoms with E-state index in [4.69, 9.17) is 9.47 Å². The lowest BCUT2D eigenvalue weighted by atomic mass is 10.1. The monoisotopic (exact) mass is 530 g/mol. The highest BCUT2D eigenvalue weighted by molar-refractivity contribution is 14.0.